The number of amides is 2. The van der Waals surface area contributed by atoms with Crippen LogP contribution in [0.5, 0.6) is 0 Å². The summed E-state index contributed by atoms with van der Waals surface area (Å²) in [6.07, 6.45) is 2.66. The summed E-state index contributed by atoms with van der Waals surface area (Å²) in [5, 5.41) is 7.05. The molecular weight excluding hydrogens is 394 g/mol. The molecule has 1 atom stereocenters. The van der Waals surface area contributed by atoms with Gasteiger partial charge in [0.05, 0.1) is 4.88 Å². The summed E-state index contributed by atoms with van der Waals surface area (Å²) < 4.78 is 1.10. The van der Waals surface area contributed by atoms with Gasteiger partial charge in [-0.15, -0.1) is 11.3 Å². The van der Waals surface area contributed by atoms with Crippen LogP contribution in [0.1, 0.15) is 41.4 Å². The molecule has 2 heterocycles. The summed E-state index contributed by atoms with van der Waals surface area (Å²) in [5.41, 5.74) is 2.93. The first-order valence-corrected chi connectivity index (χ1v) is 11.3. The highest BCUT2D eigenvalue weighted by molar-refractivity contribution is 7.21. The van der Waals surface area contributed by atoms with E-state index < -0.39 is 0 Å². The highest BCUT2D eigenvalue weighted by Crippen LogP contribution is 2.30. The molecule has 1 aromatic heterocycles. The third-order valence-corrected chi connectivity index (χ3v) is 6.79. The zero-order valence-corrected chi connectivity index (χ0v) is 18.2. The van der Waals surface area contributed by atoms with Gasteiger partial charge in [-0.05, 0) is 61.9 Å². The number of hydrogen-bond donors (Lipinski definition) is 2. The molecule has 6 heteroatoms. The molecule has 2 amide bonds. The van der Waals surface area contributed by atoms with Gasteiger partial charge in [0.1, 0.15) is 0 Å². The summed E-state index contributed by atoms with van der Waals surface area (Å²) in [5.74, 6) is -0.223. The Morgan fingerprint density at radius 3 is 2.63 bits per heavy atom. The second-order valence-electron chi connectivity index (χ2n) is 7.92. The molecule has 0 saturated carbocycles. The quantitative estimate of drug-likeness (QED) is 0.592. The van der Waals surface area contributed by atoms with Gasteiger partial charge in [-0.25, -0.2) is 0 Å². The van der Waals surface area contributed by atoms with Gasteiger partial charge in [0, 0.05) is 41.6 Å². The van der Waals surface area contributed by atoms with Crippen LogP contribution in [0.3, 0.4) is 0 Å². The van der Waals surface area contributed by atoms with Crippen molar-refractivity contribution in [3.63, 3.8) is 0 Å². The molecule has 1 aliphatic heterocycles. The molecule has 2 N–H and O–H groups in total. The lowest BCUT2D eigenvalue weighted by Gasteiger charge is -2.19. The summed E-state index contributed by atoms with van der Waals surface area (Å²) in [6, 6.07) is 15.7. The van der Waals surface area contributed by atoms with Crippen molar-refractivity contribution in [1.82, 2.24) is 5.32 Å². The Hall–Kier alpha value is -2.86. The number of nitrogens with one attached hydrogen (secondary N) is 2. The van der Waals surface area contributed by atoms with Gasteiger partial charge in [-0.2, -0.15) is 0 Å². The predicted octanol–water partition coefficient (Wildman–Crippen LogP) is 4.96. The Labute approximate surface area is 181 Å². The number of carbonyl (C=O) groups excluding carboxylic acids is 2. The average molecular weight is 422 g/mol. The van der Waals surface area contributed by atoms with Crippen LogP contribution < -0.4 is 15.5 Å². The fourth-order valence-electron chi connectivity index (χ4n) is 3.98. The average Bonchev–Trinajstić information content (AvgIpc) is 3.37. The minimum Gasteiger partial charge on any atom is -0.371 e. The third-order valence-electron chi connectivity index (χ3n) is 5.52. The van der Waals surface area contributed by atoms with E-state index in [0.29, 0.717) is 4.88 Å². The lowest BCUT2D eigenvalue weighted by molar-refractivity contribution is -0.116. The highest BCUT2D eigenvalue weighted by atomic mass is 32.1. The Morgan fingerprint density at radius 1 is 1.10 bits per heavy atom. The SMILES string of the molecule is Cc1c(C(=O)NC(C)CC(=O)Nc2cccc(N3CCCC3)c2)sc2ccccc12. The molecule has 30 heavy (non-hydrogen) atoms. The van der Waals surface area contributed by atoms with Crippen molar-refractivity contribution in [3.05, 3.63) is 59.0 Å². The number of thiophene rings is 1. The van der Waals surface area contributed by atoms with Gasteiger partial charge in [0.15, 0.2) is 0 Å². The maximum atomic E-state index is 12.7. The van der Waals surface area contributed by atoms with Crippen LogP contribution in [0.15, 0.2) is 48.5 Å². The summed E-state index contributed by atoms with van der Waals surface area (Å²) in [4.78, 5) is 28.3. The first-order chi connectivity index (χ1) is 14.5. The van der Waals surface area contributed by atoms with E-state index in [1.165, 1.54) is 24.2 Å². The molecule has 1 unspecified atom stereocenters. The summed E-state index contributed by atoms with van der Waals surface area (Å²) >= 11 is 1.49. The van der Waals surface area contributed by atoms with Crippen molar-refractivity contribution in [3.8, 4) is 0 Å². The largest absolute Gasteiger partial charge is 0.371 e. The van der Waals surface area contributed by atoms with E-state index in [4.69, 9.17) is 0 Å². The lowest BCUT2D eigenvalue weighted by Crippen LogP contribution is -2.35. The second-order valence-corrected chi connectivity index (χ2v) is 8.98. The first kappa shape index (κ1) is 20.4. The number of aryl methyl sites for hydroxylation is 1. The zero-order valence-electron chi connectivity index (χ0n) is 17.4. The first-order valence-electron chi connectivity index (χ1n) is 10.4. The van der Waals surface area contributed by atoms with Crippen LogP contribution in [0.4, 0.5) is 11.4 Å². The van der Waals surface area contributed by atoms with Crippen molar-refractivity contribution >= 4 is 44.6 Å². The minimum absolute atomic E-state index is 0.102. The molecule has 1 fully saturated rings. The summed E-state index contributed by atoms with van der Waals surface area (Å²) in [6.45, 7) is 5.97. The zero-order chi connectivity index (χ0) is 21.1. The van der Waals surface area contributed by atoms with Crippen LogP contribution in [-0.4, -0.2) is 30.9 Å². The van der Waals surface area contributed by atoms with Crippen molar-refractivity contribution in [2.45, 2.75) is 39.2 Å². The van der Waals surface area contributed by atoms with Crippen LogP contribution >= 0.6 is 11.3 Å². The molecule has 0 spiro atoms. The van der Waals surface area contributed by atoms with Crippen molar-refractivity contribution in [1.29, 1.82) is 0 Å². The molecule has 1 aliphatic rings. The molecular formula is C24H27N3O2S. The van der Waals surface area contributed by atoms with Crippen molar-refractivity contribution in [2.75, 3.05) is 23.3 Å². The molecule has 0 bridgehead atoms. The van der Waals surface area contributed by atoms with Gasteiger partial charge < -0.3 is 15.5 Å². The Balaban J connectivity index is 1.35. The maximum absolute atomic E-state index is 12.7. The van der Waals surface area contributed by atoms with Crippen molar-refractivity contribution in [2.24, 2.45) is 0 Å². The Bertz CT molecular complexity index is 1070. The lowest BCUT2D eigenvalue weighted by atomic mass is 10.1. The smallest absolute Gasteiger partial charge is 0.261 e. The predicted molar refractivity (Wildman–Crippen MR) is 125 cm³/mol. The number of benzene rings is 2. The molecule has 4 rings (SSSR count). The fraction of sp³-hybridized carbons (Fsp3) is 0.333. The normalized spacial score (nSPS) is 14.7. The van der Waals surface area contributed by atoms with Gasteiger partial charge >= 0.3 is 0 Å². The van der Waals surface area contributed by atoms with E-state index in [1.54, 1.807) is 0 Å². The molecule has 0 radical (unpaired) electrons. The van der Waals surface area contributed by atoms with Crippen LogP contribution in [-0.2, 0) is 4.79 Å². The number of rotatable bonds is 6. The number of hydrogen-bond acceptors (Lipinski definition) is 4. The Kier molecular flexibility index (Phi) is 6.04. The van der Waals surface area contributed by atoms with Gasteiger partial charge in [0.2, 0.25) is 5.91 Å². The van der Waals surface area contributed by atoms with E-state index >= 15 is 0 Å². The molecule has 0 aliphatic carbocycles. The monoisotopic (exact) mass is 421 g/mol. The minimum atomic E-state index is -0.260. The number of nitrogens with zero attached hydrogens (tertiary/aromatic N) is 1. The molecule has 2 aromatic carbocycles. The van der Waals surface area contributed by atoms with E-state index in [9.17, 15) is 9.59 Å². The van der Waals surface area contributed by atoms with Gasteiger partial charge in [0.25, 0.3) is 5.91 Å². The maximum Gasteiger partial charge on any atom is 0.261 e. The molecule has 1 saturated heterocycles. The fourth-order valence-corrected chi connectivity index (χ4v) is 5.09. The highest BCUT2D eigenvalue weighted by Gasteiger charge is 2.19. The molecule has 156 valence electrons. The summed E-state index contributed by atoms with van der Waals surface area (Å²) in [7, 11) is 0. The van der Waals surface area contributed by atoms with Gasteiger partial charge in [-0.3, -0.25) is 9.59 Å². The van der Waals surface area contributed by atoms with Crippen LogP contribution in [0, 0.1) is 6.92 Å². The molecule has 5 nitrogen and oxygen atoms in total. The van der Waals surface area contributed by atoms with E-state index in [1.807, 2.05) is 56.3 Å². The third kappa shape index (κ3) is 4.49. The number of anilines is 2. The Morgan fingerprint density at radius 2 is 1.87 bits per heavy atom. The van der Waals surface area contributed by atoms with Crippen molar-refractivity contribution < 1.29 is 9.59 Å². The standard InChI is InChI=1S/C24H27N3O2S/c1-16(25-24(29)23-17(2)20-10-3-4-11-21(20)30-23)14-22(28)26-18-8-7-9-19(15-18)27-12-5-6-13-27/h3-4,7-11,15-16H,5-6,12-14H2,1-2H3,(H,25,29)(H,26,28). The van der Waals surface area contributed by atoms with E-state index in [2.05, 4.69) is 21.6 Å². The van der Waals surface area contributed by atoms with E-state index in [0.717, 1.165) is 40.1 Å². The topological polar surface area (TPSA) is 61.4 Å². The van der Waals surface area contributed by atoms with Crippen LogP contribution in [0.2, 0.25) is 0 Å². The van der Waals surface area contributed by atoms with E-state index in [-0.39, 0.29) is 24.3 Å². The number of fused-ring (bicyclic) bond motifs is 1. The second kappa shape index (κ2) is 8.88. The van der Waals surface area contributed by atoms with Gasteiger partial charge in [-0.1, -0.05) is 24.3 Å². The molecule has 3 aromatic rings. The van der Waals surface area contributed by atoms with Crippen LogP contribution in [0.25, 0.3) is 10.1 Å². The number of carbonyl (C=O) groups is 2.